The van der Waals surface area contributed by atoms with Crippen molar-refractivity contribution in [3.8, 4) is 0 Å². The highest BCUT2D eigenvalue weighted by Crippen LogP contribution is 2.04. The van der Waals surface area contributed by atoms with Crippen LogP contribution in [0.4, 0.5) is 0 Å². The Labute approximate surface area is 70.2 Å². The molecule has 0 fully saturated rings. The Morgan fingerprint density at radius 2 is 1.82 bits per heavy atom. The van der Waals surface area contributed by atoms with Gasteiger partial charge in [0, 0.05) is 12.6 Å². The van der Waals surface area contributed by atoms with Crippen LogP contribution >= 0.6 is 0 Å². The predicted molar refractivity (Wildman–Crippen MR) is 52.3 cm³/mol. The van der Waals surface area contributed by atoms with Crippen molar-refractivity contribution in [1.82, 2.24) is 0 Å². The minimum absolute atomic E-state index is 0.0834. The average molecular weight is 153 g/mol. The molecule has 0 aliphatic heterocycles. The fourth-order valence-corrected chi connectivity index (χ4v) is 0.650. The summed E-state index contributed by atoms with van der Waals surface area (Å²) in [7, 11) is 0. The summed E-state index contributed by atoms with van der Waals surface area (Å²) >= 11 is 0. The molecule has 0 radical (unpaired) electrons. The van der Waals surface area contributed by atoms with Gasteiger partial charge in [0.1, 0.15) is 0 Å². The van der Waals surface area contributed by atoms with Crippen molar-refractivity contribution in [1.29, 1.82) is 0 Å². The lowest BCUT2D eigenvalue weighted by Crippen LogP contribution is -2.09. The van der Waals surface area contributed by atoms with Crippen LogP contribution in [0.25, 0.3) is 0 Å². The molecule has 1 heteroatoms. The van der Waals surface area contributed by atoms with E-state index in [1.165, 1.54) is 0 Å². The fourth-order valence-electron chi connectivity index (χ4n) is 0.650. The van der Waals surface area contributed by atoms with Crippen molar-refractivity contribution >= 4 is 6.21 Å². The lowest BCUT2D eigenvalue weighted by Gasteiger charge is -2.09. The van der Waals surface area contributed by atoms with Gasteiger partial charge in [-0.2, -0.15) is 0 Å². The van der Waals surface area contributed by atoms with Crippen molar-refractivity contribution in [3.63, 3.8) is 0 Å². The zero-order valence-corrected chi connectivity index (χ0v) is 8.09. The van der Waals surface area contributed by atoms with Crippen LogP contribution in [-0.4, -0.2) is 11.8 Å². The molecule has 0 spiro atoms. The molecule has 0 aromatic rings. The van der Waals surface area contributed by atoms with E-state index in [2.05, 4.69) is 44.8 Å². The van der Waals surface area contributed by atoms with Gasteiger partial charge in [-0.05, 0) is 27.2 Å². The van der Waals surface area contributed by atoms with Crippen LogP contribution in [-0.2, 0) is 0 Å². The van der Waals surface area contributed by atoms with E-state index in [0.29, 0.717) is 0 Å². The molecule has 0 N–H and O–H groups in total. The van der Waals surface area contributed by atoms with Crippen molar-refractivity contribution in [3.05, 3.63) is 12.2 Å². The largest absolute Gasteiger partial charge is 0.291 e. The van der Waals surface area contributed by atoms with E-state index in [-0.39, 0.29) is 5.54 Å². The van der Waals surface area contributed by atoms with Gasteiger partial charge in [0.25, 0.3) is 0 Å². The second-order valence-corrected chi connectivity index (χ2v) is 3.60. The fraction of sp³-hybridized carbons (Fsp3) is 0.700. The molecule has 11 heavy (non-hydrogen) atoms. The molecular formula is C10H19N. The van der Waals surface area contributed by atoms with Crippen LogP contribution in [0.1, 0.15) is 40.5 Å². The van der Waals surface area contributed by atoms with Gasteiger partial charge in [-0.15, -0.1) is 0 Å². The minimum atomic E-state index is 0.0834. The molecule has 0 aliphatic carbocycles. The van der Waals surface area contributed by atoms with Gasteiger partial charge in [-0.3, -0.25) is 4.99 Å². The molecule has 0 heterocycles. The average Bonchev–Trinajstić information content (AvgIpc) is 1.85. The van der Waals surface area contributed by atoms with E-state index in [1.54, 1.807) is 0 Å². The first-order valence-electron chi connectivity index (χ1n) is 4.25. The van der Waals surface area contributed by atoms with Gasteiger partial charge in [-0.1, -0.05) is 19.1 Å². The summed E-state index contributed by atoms with van der Waals surface area (Å²) in [5, 5.41) is 0. The Morgan fingerprint density at radius 1 is 1.18 bits per heavy atom. The molecule has 0 aromatic heterocycles. The number of hydrogen-bond acceptors (Lipinski definition) is 1. The standard InChI is InChI=1S/C10H19N/c1-5-6-7-8-9-11-10(2,3)4/h6-7,9H,5,8H2,1-4H3. The van der Waals surface area contributed by atoms with Crippen molar-refractivity contribution in [2.75, 3.05) is 0 Å². The summed E-state index contributed by atoms with van der Waals surface area (Å²) in [6.45, 7) is 8.45. The highest BCUT2D eigenvalue weighted by Gasteiger charge is 2.03. The Bertz CT molecular complexity index is 137. The summed E-state index contributed by atoms with van der Waals surface area (Å²) in [6, 6.07) is 0. The zero-order chi connectivity index (χ0) is 8.74. The van der Waals surface area contributed by atoms with Gasteiger partial charge in [0.15, 0.2) is 0 Å². The maximum atomic E-state index is 4.35. The minimum Gasteiger partial charge on any atom is -0.291 e. The first-order valence-corrected chi connectivity index (χ1v) is 4.25. The Balaban J connectivity index is 3.53. The zero-order valence-electron chi connectivity index (χ0n) is 8.09. The van der Waals surface area contributed by atoms with E-state index in [9.17, 15) is 0 Å². The first-order chi connectivity index (χ1) is 5.06. The summed E-state index contributed by atoms with van der Waals surface area (Å²) in [4.78, 5) is 4.35. The first kappa shape index (κ1) is 10.4. The Morgan fingerprint density at radius 3 is 2.27 bits per heavy atom. The molecular weight excluding hydrogens is 134 g/mol. The summed E-state index contributed by atoms with van der Waals surface area (Å²) in [6.07, 6.45) is 8.37. The van der Waals surface area contributed by atoms with Gasteiger partial charge in [0.2, 0.25) is 0 Å². The van der Waals surface area contributed by atoms with E-state index in [0.717, 1.165) is 12.8 Å². The molecule has 0 saturated carbocycles. The van der Waals surface area contributed by atoms with E-state index >= 15 is 0 Å². The Kier molecular flexibility index (Phi) is 4.84. The quantitative estimate of drug-likeness (QED) is 0.436. The van der Waals surface area contributed by atoms with Crippen LogP contribution < -0.4 is 0 Å². The molecule has 0 bridgehead atoms. The van der Waals surface area contributed by atoms with Crippen LogP contribution in [0.2, 0.25) is 0 Å². The van der Waals surface area contributed by atoms with E-state index in [4.69, 9.17) is 0 Å². The normalized spacial score (nSPS) is 13.5. The third-order valence-electron chi connectivity index (χ3n) is 1.12. The monoisotopic (exact) mass is 153 g/mol. The summed E-state index contributed by atoms with van der Waals surface area (Å²) in [5.74, 6) is 0. The van der Waals surface area contributed by atoms with Gasteiger partial charge < -0.3 is 0 Å². The lowest BCUT2D eigenvalue weighted by molar-refractivity contribution is 0.585. The number of nitrogens with zero attached hydrogens (tertiary/aromatic N) is 1. The maximum Gasteiger partial charge on any atom is 0.0520 e. The van der Waals surface area contributed by atoms with Crippen molar-refractivity contribution < 1.29 is 0 Å². The van der Waals surface area contributed by atoms with Crippen molar-refractivity contribution in [2.24, 2.45) is 4.99 Å². The molecule has 0 rings (SSSR count). The van der Waals surface area contributed by atoms with Gasteiger partial charge in [0.05, 0.1) is 5.54 Å². The second-order valence-electron chi connectivity index (χ2n) is 3.60. The third-order valence-corrected chi connectivity index (χ3v) is 1.12. The molecule has 0 aliphatic rings. The Hall–Kier alpha value is -0.590. The van der Waals surface area contributed by atoms with Crippen LogP contribution in [0.5, 0.6) is 0 Å². The number of rotatable bonds is 3. The third kappa shape index (κ3) is 9.41. The van der Waals surface area contributed by atoms with E-state index in [1.807, 2.05) is 6.21 Å². The SMILES string of the molecule is CCC=CCC=NC(C)(C)C. The van der Waals surface area contributed by atoms with Crippen LogP contribution in [0, 0.1) is 0 Å². The van der Waals surface area contributed by atoms with Gasteiger partial charge in [-0.25, -0.2) is 0 Å². The van der Waals surface area contributed by atoms with Crippen molar-refractivity contribution in [2.45, 2.75) is 46.1 Å². The molecule has 0 amide bonds. The van der Waals surface area contributed by atoms with Crippen LogP contribution in [0.15, 0.2) is 17.1 Å². The lowest BCUT2D eigenvalue weighted by atomic mass is 10.1. The number of hydrogen-bond donors (Lipinski definition) is 0. The highest BCUT2D eigenvalue weighted by molar-refractivity contribution is 5.59. The number of allylic oxidation sites excluding steroid dienone is 2. The molecule has 0 atom stereocenters. The predicted octanol–water partition coefficient (Wildman–Crippen LogP) is 3.21. The molecule has 1 nitrogen and oxygen atoms in total. The molecule has 0 unspecified atom stereocenters. The highest BCUT2D eigenvalue weighted by atomic mass is 14.8. The van der Waals surface area contributed by atoms with E-state index < -0.39 is 0 Å². The summed E-state index contributed by atoms with van der Waals surface area (Å²) < 4.78 is 0. The topological polar surface area (TPSA) is 12.4 Å². The molecule has 0 saturated heterocycles. The smallest absolute Gasteiger partial charge is 0.0520 e. The molecule has 0 aromatic carbocycles. The van der Waals surface area contributed by atoms with Crippen LogP contribution in [0.3, 0.4) is 0 Å². The summed E-state index contributed by atoms with van der Waals surface area (Å²) in [5.41, 5.74) is 0.0834. The molecule has 64 valence electrons. The second kappa shape index (κ2) is 5.11. The maximum absolute atomic E-state index is 4.35. The number of aliphatic imine (C=N–C) groups is 1. The van der Waals surface area contributed by atoms with Gasteiger partial charge >= 0.3 is 0 Å².